The van der Waals surface area contributed by atoms with Gasteiger partial charge in [-0.1, -0.05) is 18.2 Å². The number of aryl methyl sites for hydroxylation is 1. The summed E-state index contributed by atoms with van der Waals surface area (Å²) in [4.78, 5) is 26.4. The molecule has 0 atom stereocenters. The summed E-state index contributed by atoms with van der Waals surface area (Å²) in [5, 5.41) is 5.65. The number of halogens is 3. The predicted molar refractivity (Wildman–Crippen MR) is 149 cm³/mol. The maximum absolute atomic E-state index is 14.7. The first-order chi connectivity index (χ1) is 18.2. The van der Waals surface area contributed by atoms with Gasteiger partial charge in [0.1, 0.15) is 28.7 Å². The van der Waals surface area contributed by atoms with Crippen LogP contribution in [-0.4, -0.2) is 17.6 Å². The molecule has 196 valence electrons. The Hall–Kier alpha value is -3.93. The molecule has 0 spiro atoms. The summed E-state index contributed by atoms with van der Waals surface area (Å²) in [7, 11) is 2.99. The summed E-state index contributed by atoms with van der Waals surface area (Å²) in [5.74, 6) is -1.56. The van der Waals surface area contributed by atoms with Gasteiger partial charge in [0, 0.05) is 23.2 Å². The highest BCUT2D eigenvalue weighted by molar-refractivity contribution is 14.1. The van der Waals surface area contributed by atoms with E-state index in [-0.39, 0.29) is 35.1 Å². The lowest BCUT2D eigenvalue weighted by atomic mass is 10.1. The van der Waals surface area contributed by atoms with Crippen LogP contribution >= 0.6 is 22.6 Å². The maximum Gasteiger partial charge on any atom is 0.259 e. The third-order valence-electron chi connectivity index (χ3n) is 5.73. The maximum atomic E-state index is 14.7. The number of benzene rings is 3. The molecule has 0 radical (unpaired) electrons. The second kappa shape index (κ2) is 11.6. The van der Waals surface area contributed by atoms with Crippen LogP contribution in [0.5, 0.6) is 17.2 Å². The minimum Gasteiger partial charge on any atom is -0.497 e. The van der Waals surface area contributed by atoms with E-state index in [1.807, 2.05) is 22.6 Å². The Kier molecular flexibility index (Phi) is 8.30. The number of aromatic nitrogens is 1. The van der Waals surface area contributed by atoms with E-state index in [0.29, 0.717) is 14.9 Å². The smallest absolute Gasteiger partial charge is 0.259 e. The summed E-state index contributed by atoms with van der Waals surface area (Å²) in [5.41, 5.74) is 0.858. The number of methoxy groups -OCH3 is 1. The molecule has 3 aromatic carbocycles. The normalized spacial score (nSPS) is 10.7. The van der Waals surface area contributed by atoms with Crippen molar-refractivity contribution in [2.45, 2.75) is 13.5 Å². The molecule has 1 aromatic heterocycles. The largest absolute Gasteiger partial charge is 0.497 e. The lowest BCUT2D eigenvalue weighted by molar-refractivity contribution is 0.0948. The number of ether oxygens (including phenoxy) is 2. The fourth-order valence-electron chi connectivity index (χ4n) is 3.66. The summed E-state index contributed by atoms with van der Waals surface area (Å²) in [6.07, 6.45) is 0. The van der Waals surface area contributed by atoms with Crippen LogP contribution < -0.4 is 25.7 Å². The summed E-state index contributed by atoms with van der Waals surface area (Å²) < 4.78 is 42.1. The first kappa shape index (κ1) is 27.1. The highest BCUT2D eigenvalue weighted by atomic mass is 127. The highest BCUT2D eigenvalue weighted by Crippen LogP contribution is 2.33. The monoisotopic (exact) mass is 631 g/mol. The van der Waals surface area contributed by atoms with E-state index in [1.54, 1.807) is 50.4 Å². The molecule has 0 aliphatic rings. The first-order valence-electron chi connectivity index (χ1n) is 11.5. The average Bonchev–Trinajstić information content (AvgIpc) is 2.89. The Morgan fingerprint density at radius 1 is 0.974 bits per heavy atom. The molecule has 0 saturated heterocycles. The zero-order chi connectivity index (χ0) is 27.4. The number of amides is 1. The molecule has 1 amide bonds. The van der Waals surface area contributed by atoms with Crippen molar-refractivity contribution >= 4 is 40.0 Å². The number of carbonyl (C=O) groups excluding carboxylic acids is 1. The molecule has 0 aliphatic carbocycles. The Morgan fingerprint density at radius 3 is 2.37 bits per heavy atom. The van der Waals surface area contributed by atoms with Gasteiger partial charge >= 0.3 is 0 Å². The van der Waals surface area contributed by atoms with E-state index in [9.17, 15) is 18.4 Å². The lowest BCUT2D eigenvalue weighted by Crippen LogP contribution is -2.29. The van der Waals surface area contributed by atoms with Crippen molar-refractivity contribution in [1.82, 2.24) is 9.88 Å². The highest BCUT2D eigenvalue weighted by Gasteiger charge is 2.24. The molecule has 0 unspecified atom stereocenters. The van der Waals surface area contributed by atoms with E-state index in [1.165, 1.54) is 31.3 Å². The number of carbonyl (C=O) groups is 1. The van der Waals surface area contributed by atoms with Gasteiger partial charge in [0.15, 0.2) is 11.6 Å². The quantitative estimate of drug-likeness (QED) is 0.232. The molecule has 4 rings (SSSR count). The molecule has 4 aromatic rings. The fourth-order valence-corrected chi connectivity index (χ4v) is 4.11. The minimum atomic E-state index is -0.659. The van der Waals surface area contributed by atoms with Gasteiger partial charge in [0.2, 0.25) is 0 Å². The van der Waals surface area contributed by atoms with Crippen LogP contribution in [0.25, 0.3) is 0 Å². The SMILES string of the molecule is COc1ccc(CNC(=O)c2c(Oc3ccc(C)cc3F)cc(=O)n(C)c2Nc2ccc(I)cc2F)cc1. The molecular formula is C28H24F2IN3O4. The molecule has 2 N–H and O–H groups in total. The Bertz CT molecular complexity index is 1560. The summed E-state index contributed by atoms with van der Waals surface area (Å²) >= 11 is 1.98. The fraction of sp³-hybridized carbons (Fsp3) is 0.143. The van der Waals surface area contributed by atoms with Crippen molar-refractivity contribution < 1.29 is 23.0 Å². The van der Waals surface area contributed by atoms with Crippen molar-refractivity contribution in [1.29, 1.82) is 0 Å². The molecule has 10 heteroatoms. The summed E-state index contributed by atoms with van der Waals surface area (Å²) in [6, 6.07) is 17.0. The van der Waals surface area contributed by atoms with Crippen LogP contribution in [0.1, 0.15) is 21.5 Å². The van der Waals surface area contributed by atoms with Crippen LogP contribution in [0.4, 0.5) is 20.3 Å². The predicted octanol–water partition coefficient (Wildman–Crippen LogP) is 6.05. The third kappa shape index (κ3) is 6.13. The van der Waals surface area contributed by atoms with Crippen molar-refractivity contribution in [2.24, 2.45) is 7.05 Å². The number of rotatable bonds is 8. The van der Waals surface area contributed by atoms with Crippen LogP contribution in [-0.2, 0) is 13.6 Å². The van der Waals surface area contributed by atoms with E-state index in [0.717, 1.165) is 16.2 Å². The van der Waals surface area contributed by atoms with Gasteiger partial charge in [-0.15, -0.1) is 0 Å². The number of hydrogen-bond donors (Lipinski definition) is 2. The number of hydrogen-bond acceptors (Lipinski definition) is 5. The van der Waals surface area contributed by atoms with E-state index in [4.69, 9.17) is 9.47 Å². The number of nitrogens with one attached hydrogen (secondary N) is 2. The molecule has 0 aliphatic heterocycles. The number of nitrogens with zero attached hydrogens (tertiary/aromatic N) is 1. The third-order valence-corrected chi connectivity index (χ3v) is 6.41. The Labute approximate surface area is 231 Å². The molecule has 0 saturated carbocycles. The number of anilines is 2. The van der Waals surface area contributed by atoms with Crippen molar-refractivity contribution in [3.05, 3.63) is 109 Å². The lowest BCUT2D eigenvalue weighted by Gasteiger charge is -2.20. The second-order valence-electron chi connectivity index (χ2n) is 8.45. The molecule has 38 heavy (non-hydrogen) atoms. The Balaban J connectivity index is 1.78. The Morgan fingerprint density at radius 2 is 1.71 bits per heavy atom. The number of pyridine rings is 1. The van der Waals surface area contributed by atoms with Gasteiger partial charge in [-0.25, -0.2) is 8.78 Å². The first-order valence-corrected chi connectivity index (χ1v) is 12.6. The van der Waals surface area contributed by atoms with Gasteiger partial charge in [-0.05, 0) is 83.1 Å². The van der Waals surface area contributed by atoms with E-state index < -0.39 is 23.1 Å². The summed E-state index contributed by atoms with van der Waals surface area (Å²) in [6.45, 7) is 1.86. The zero-order valence-electron chi connectivity index (χ0n) is 20.8. The van der Waals surface area contributed by atoms with Gasteiger partial charge in [-0.2, -0.15) is 0 Å². The molecular weight excluding hydrogens is 607 g/mol. The van der Waals surface area contributed by atoms with Crippen LogP contribution in [0.3, 0.4) is 0 Å². The van der Waals surface area contributed by atoms with E-state index in [2.05, 4.69) is 10.6 Å². The van der Waals surface area contributed by atoms with Crippen LogP contribution in [0.15, 0.2) is 71.5 Å². The van der Waals surface area contributed by atoms with Crippen LogP contribution in [0, 0.1) is 22.1 Å². The van der Waals surface area contributed by atoms with Gasteiger partial charge in [0.25, 0.3) is 11.5 Å². The van der Waals surface area contributed by atoms with Crippen molar-refractivity contribution in [3.8, 4) is 17.2 Å². The van der Waals surface area contributed by atoms with E-state index >= 15 is 0 Å². The van der Waals surface area contributed by atoms with Gasteiger partial charge in [0.05, 0.1) is 12.8 Å². The van der Waals surface area contributed by atoms with Crippen molar-refractivity contribution in [3.63, 3.8) is 0 Å². The molecule has 0 bridgehead atoms. The standard InChI is InChI=1S/C28H24F2IN3O4/c1-16-4-11-23(21(30)12-16)38-24-14-25(35)34(2)27(33-22-10-7-18(31)13-20(22)29)26(24)28(36)32-15-17-5-8-19(37-3)9-6-17/h4-14,33H,15H2,1-3H3,(H,32,36). The average molecular weight is 631 g/mol. The van der Waals surface area contributed by atoms with Gasteiger partial charge in [-0.3, -0.25) is 14.2 Å². The molecule has 1 heterocycles. The minimum absolute atomic E-state index is 0.0210. The molecule has 0 fully saturated rings. The van der Waals surface area contributed by atoms with Crippen molar-refractivity contribution in [2.75, 3.05) is 12.4 Å². The van der Waals surface area contributed by atoms with Crippen LogP contribution in [0.2, 0.25) is 0 Å². The molecule has 7 nitrogen and oxygen atoms in total. The second-order valence-corrected chi connectivity index (χ2v) is 9.69. The topological polar surface area (TPSA) is 81.6 Å². The zero-order valence-corrected chi connectivity index (χ0v) is 22.9. The van der Waals surface area contributed by atoms with Gasteiger partial charge < -0.3 is 20.1 Å².